The fourth-order valence-electron chi connectivity index (χ4n) is 2.42. The van der Waals surface area contributed by atoms with E-state index in [1.54, 1.807) is 31.2 Å². The lowest BCUT2D eigenvalue weighted by molar-refractivity contribution is -0.116. The first-order valence-electron chi connectivity index (χ1n) is 6.94. The Labute approximate surface area is 128 Å². The molecule has 0 saturated carbocycles. The maximum absolute atomic E-state index is 12.4. The van der Waals surface area contributed by atoms with Gasteiger partial charge in [-0.25, -0.2) is 13.1 Å². The van der Waals surface area contributed by atoms with Gasteiger partial charge >= 0.3 is 0 Å². The minimum Gasteiger partial charge on any atom is -0.468 e. The fourth-order valence-corrected chi connectivity index (χ4v) is 3.69. The molecule has 0 fully saturated rings. The number of hydrogen-bond donors (Lipinski definition) is 2. The third kappa shape index (κ3) is 2.90. The summed E-state index contributed by atoms with van der Waals surface area (Å²) in [4.78, 5) is 11.5. The molecule has 0 unspecified atom stereocenters. The molecular weight excluding hydrogens is 304 g/mol. The molecule has 1 atom stereocenters. The van der Waals surface area contributed by atoms with Crippen LogP contribution in [-0.4, -0.2) is 14.3 Å². The molecular formula is C15H16N2O4S. The lowest BCUT2D eigenvalue weighted by Crippen LogP contribution is -2.27. The van der Waals surface area contributed by atoms with Crippen LogP contribution in [-0.2, 0) is 21.2 Å². The highest BCUT2D eigenvalue weighted by Gasteiger charge is 2.22. The van der Waals surface area contributed by atoms with E-state index in [4.69, 9.17) is 4.42 Å². The van der Waals surface area contributed by atoms with E-state index in [0.717, 1.165) is 5.56 Å². The third-order valence-electron chi connectivity index (χ3n) is 3.58. The summed E-state index contributed by atoms with van der Waals surface area (Å²) in [6, 6.07) is 7.68. The Balaban J connectivity index is 1.85. The van der Waals surface area contributed by atoms with Crippen LogP contribution in [0.4, 0.5) is 5.69 Å². The number of hydrogen-bond acceptors (Lipinski definition) is 4. The predicted molar refractivity (Wildman–Crippen MR) is 80.8 cm³/mol. The lowest BCUT2D eigenvalue weighted by Gasteiger charge is -2.18. The van der Waals surface area contributed by atoms with Gasteiger partial charge in [-0.05, 0) is 49.2 Å². The molecule has 0 bridgehead atoms. The van der Waals surface area contributed by atoms with Crippen molar-refractivity contribution >= 4 is 21.6 Å². The second kappa shape index (κ2) is 5.58. The maximum atomic E-state index is 12.4. The van der Waals surface area contributed by atoms with Crippen molar-refractivity contribution in [2.24, 2.45) is 0 Å². The number of aryl methyl sites for hydroxylation is 1. The molecule has 2 heterocycles. The van der Waals surface area contributed by atoms with Gasteiger partial charge in [0.25, 0.3) is 0 Å². The van der Waals surface area contributed by atoms with Gasteiger partial charge in [-0.2, -0.15) is 0 Å². The van der Waals surface area contributed by atoms with Crippen molar-refractivity contribution in [2.75, 3.05) is 5.32 Å². The van der Waals surface area contributed by atoms with Crippen LogP contribution in [0.5, 0.6) is 0 Å². The quantitative estimate of drug-likeness (QED) is 0.904. The normalized spacial score (nSPS) is 16.0. The van der Waals surface area contributed by atoms with Gasteiger partial charge < -0.3 is 9.73 Å². The van der Waals surface area contributed by atoms with E-state index in [-0.39, 0.29) is 10.8 Å². The zero-order chi connectivity index (χ0) is 15.7. The summed E-state index contributed by atoms with van der Waals surface area (Å²) in [5, 5.41) is 2.73. The van der Waals surface area contributed by atoms with Gasteiger partial charge in [0.05, 0.1) is 17.2 Å². The molecule has 0 aliphatic carbocycles. The first kappa shape index (κ1) is 14.8. The van der Waals surface area contributed by atoms with Crippen molar-refractivity contribution in [3.05, 3.63) is 47.9 Å². The molecule has 0 spiro atoms. The summed E-state index contributed by atoms with van der Waals surface area (Å²) < 4.78 is 32.7. The number of carbonyl (C=O) groups is 1. The summed E-state index contributed by atoms with van der Waals surface area (Å²) in [5.41, 5.74) is 1.50. The highest BCUT2D eigenvalue weighted by molar-refractivity contribution is 7.89. The van der Waals surface area contributed by atoms with Gasteiger partial charge in [0.1, 0.15) is 5.76 Å². The second-order valence-electron chi connectivity index (χ2n) is 5.23. The van der Waals surface area contributed by atoms with Crippen molar-refractivity contribution in [3.8, 4) is 0 Å². The summed E-state index contributed by atoms with van der Waals surface area (Å²) in [6.07, 6.45) is 2.41. The predicted octanol–water partition coefficient (Wildman–Crippen LogP) is 2.20. The van der Waals surface area contributed by atoms with E-state index in [0.29, 0.717) is 24.3 Å². The Bertz CT molecular complexity index is 797. The molecule has 116 valence electrons. The summed E-state index contributed by atoms with van der Waals surface area (Å²) >= 11 is 0. The van der Waals surface area contributed by atoms with E-state index in [9.17, 15) is 13.2 Å². The lowest BCUT2D eigenvalue weighted by atomic mass is 10.0. The first-order valence-corrected chi connectivity index (χ1v) is 8.42. The minimum atomic E-state index is -3.66. The van der Waals surface area contributed by atoms with Crippen LogP contribution >= 0.6 is 0 Å². The van der Waals surface area contributed by atoms with E-state index < -0.39 is 16.1 Å². The van der Waals surface area contributed by atoms with Crippen molar-refractivity contribution in [1.29, 1.82) is 0 Å². The number of nitrogens with one attached hydrogen (secondary N) is 2. The number of rotatable bonds is 4. The van der Waals surface area contributed by atoms with Gasteiger partial charge in [0.15, 0.2) is 0 Å². The summed E-state index contributed by atoms with van der Waals surface area (Å²) in [5.74, 6) is 0.501. The molecule has 1 aliphatic rings. The van der Waals surface area contributed by atoms with E-state index in [1.165, 1.54) is 12.3 Å². The maximum Gasteiger partial charge on any atom is 0.241 e. The summed E-state index contributed by atoms with van der Waals surface area (Å²) in [7, 11) is -3.66. The van der Waals surface area contributed by atoms with Gasteiger partial charge in [-0.1, -0.05) is 0 Å². The number of sulfonamides is 1. The van der Waals surface area contributed by atoms with E-state index >= 15 is 0 Å². The molecule has 2 aromatic rings. The van der Waals surface area contributed by atoms with Crippen LogP contribution in [0.1, 0.15) is 30.7 Å². The van der Waals surface area contributed by atoms with Gasteiger partial charge in [-0.15, -0.1) is 0 Å². The van der Waals surface area contributed by atoms with Crippen LogP contribution in [0.15, 0.2) is 45.9 Å². The molecule has 2 N–H and O–H groups in total. The average molecular weight is 320 g/mol. The minimum absolute atomic E-state index is 0.0485. The molecule has 0 radical (unpaired) electrons. The van der Waals surface area contributed by atoms with Crippen LogP contribution in [0.3, 0.4) is 0 Å². The molecule has 1 amide bonds. The first-order chi connectivity index (χ1) is 10.5. The largest absolute Gasteiger partial charge is 0.468 e. The van der Waals surface area contributed by atoms with Crippen molar-refractivity contribution < 1.29 is 17.6 Å². The SMILES string of the molecule is C[C@@H](NS(=O)(=O)c1ccc2c(c1)CCC(=O)N2)c1ccco1. The van der Waals surface area contributed by atoms with Gasteiger partial charge in [0.2, 0.25) is 15.9 Å². The van der Waals surface area contributed by atoms with Crippen LogP contribution in [0, 0.1) is 0 Å². The molecule has 1 aromatic carbocycles. The van der Waals surface area contributed by atoms with Gasteiger partial charge in [-0.3, -0.25) is 4.79 Å². The van der Waals surface area contributed by atoms with E-state index in [2.05, 4.69) is 10.0 Å². The number of anilines is 1. The number of furan rings is 1. The number of amides is 1. The van der Waals surface area contributed by atoms with E-state index in [1.807, 2.05) is 0 Å². The van der Waals surface area contributed by atoms with Crippen LogP contribution in [0.25, 0.3) is 0 Å². The standard InChI is InChI=1S/C15H16N2O4S/c1-10(14-3-2-8-21-14)17-22(19,20)12-5-6-13-11(9-12)4-7-15(18)16-13/h2-3,5-6,8-10,17H,4,7H2,1H3,(H,16,18)/t10-/m1/s1. The number of fused-ring (bicyclic) bond motifs is 1. The molecule has 6 nitrogen and oxygen atoms in total. The van der Waals surface area contributed by atoms with Gasteiger partial charge in [0, 0.05) is 12.1 Å². The smallest absolute Gasteiger partial charge is 0.241 e. The summed E-state index contributed by atoms with van der Waals surface area (Å²) in [6.45, 7) is 1.72. The topological polar surface area (TPSA) is 88.4 Å². The Morgan fingerprint density at radius 3 is 2.82 bits per heavy atom. The molecule has 1 aromatic heterocycles. The third-order valence-corrected chi connectivity index (χ3v) is 5.12. The fraction of sp³-hybridized carbons (Fsp3) is 0.267. The Morgan fingerprint density at radius 2 is 2.09 bits per heavy atom. The average Bonchev–Trinajstić information content (AvgIpc) is 3.00. The second-order valence-corrected chi connectivity index (χ2v) is 6.94. The van der Waals surface area contributed by atoms with Crippen LogP contribution in [0.2, 0.25) is 0 Å². The Morgan fingerprint density at radius 1 is 1.27 bits per heavy atom. The zero-order valence-corrected chi connectivity index (χ0v) is 12.8. The van der Waals surface area contributed by atoms with Crippen molar-refractivity contribution in [2.45, 2.75) is 30.7 Å². The molecule has 22 heavy (non-hydrogen) atoms. The Kier molecular flexibility index (Phi) is 3.76. The zero-order valence-electron chi connectivity index (χ0n) is 12.0. The molecule has 1 aliphatic heterocycles. The highest BCUT2D eigenvalue weighted by atomic mass is 32.2. The molecule has 7 heteroatoms. The monoisotopic (exact) mass is 320 g/mol. The number of carbonyl (C=O) groups excluding carboxylic acids is 1. The molecule has 0 saturated heterocycles. The van der Waals surface area contributed by atoms with Crippen LogP contribution < -0.4 is 10.0 Å². The Hall–Kier alpha value is -2.12. The molecule has 3 rings (SSSR count). The number of benzene rings is 1. The highest BCUT2D eigenvalue weighted by Crippen LogP contribution is 2.26. The van der Waals surface area contributed by atoms with Crippen molar-refractivity contribution in [3.63, 3.8) is 0 Å². The van der Waals surface area contributed by atoms with Crippen molar-refractivity contribution in [1.82, 2.24) is 4.72 Å².